The van der Waals surface area contributed by atoms with Crippen LogP contribution in [0.1, 0.15) is 5.56 Å². The van der Waals surface area contributed by atoms with Gasteiger partial charge in [-0.05, 0) is 28.2 Å². The smallest absolute Gasteiger partial charge is 0.337 e. The molecule has 2 nitrogen and oxygen atoms in total. The van der Waals surface area contributed by atoms with Gasteiger partial charge >= 0.3 is 5.97 Å². The Morgan fingerprint density at radius 1 is 1.05 bits per heavy atom. The second kappa shape index (κ2) is 6.53. The van der Waals surface area contributed by atoms with Gasteiger partial charge < -0.3 is 4.74 Å². The van der Waals surface area contributed by atoms with Gasteiger partial charge in [-0.2, -0.15) is 0 Å². The summed E-state index contributed by atoms with van der Waals surface area (Å²) in [4.78, 5) is 11.9. The van der Waals surface area contributed by atoms with Crippen molar-refractivity contribution in [1.82, 2.24) is 0 Å². The third-order valence-electron chi connectivity index (χ3n) is 2.91. The van der Waals surface area contributed by atoms with Gasteiger partial charge in [0.25, 0.3) is 0 Å². The van der Waals surface area contributed by atoms with Crippen LogP contribution >= 0.6 is 0 Å². The number of ether oxygens (including phenoxy) is 1. The minimum Gasteiger partial charge on any atom is -0.465 e. The molecule has 2 rings (SSSR count). The van der Waals surface area contributed by atoms with Crippen molar-refractivity contribution in [2.24, 2.45) is 0 Å². The highest BCUT2D eigenvalue weighted by molar-refractivity contribution is 6.02. The second-order valence-corrected chi connectivity index (χ2v) is 4.35. The fourth-order valence-electron chi connectivity index (χ4n) is 1.85. The zero-order valence-corrected chi connectivity index (χ0v) is 11.4. The lowest BCUT2D eigenvalue weighted by Crippen LogP contribution is -2.23. The summed E-state index contributed by atoms with van der Waals surface area (Å²) in [5.74, 6) is -0.364. The number of carbonyl (C=O) groups excluding carboxylic acids is 1. The van der Waals surface area contributed by atoms with Crippen LogP contribution in [-0.4, -0.2) is 13.1 Å². The first-order chi connectivity index (χ1) is 9.70. The molecule has 0 aliphatic heterocycles. The Kier molecular flexibility index (Phi) is 4.51. The lowest BCUT2D eigenvalue weighted by Gasteiger charge is -2.01. The average Bonchev–Trinajstić information content (AvgIpc) is 2.49. The molecule has 2 aromatic carbocycles. The molecular formula is C18H16O2. The number of rotatable bonds is 3. The van der Waals surface area contributed by atoms with Crippen LogP contribution in [0.25, 0.3) is 18.7 Å². The molecule has 0 heterocycles. The van der Waals surface area contributed by atoms with E-state index in [0.717, 1.165) is 16.0 Å². The number of benzene rings is 2. The summed E-state index contributed by atoms with van der Waals surface area (Å²) in [7, 11) is 1.38. The van der Waals surface area contributed by atoms with E-state index < -0.39 is 0 Å². The largest absolute Gasteiger partial charge is 0.465 e. The minimum atomic E-state index is -0.364. The van der Waals surface area contributed by atoms with Gasteiger partial charge in [-0.1, -0.05) is 61.2 Å². The Morgan fingerprint density at radius 3 is 2.35 bits per heavy atom. The summed E-state index contributed by atoms with van der Waals surface area (Å²) in [6, 6.07) is 17.3. The van der Waals surface area contributed by atoms with Gasteiger partial charge in [0, 0.05) is 0 Å². The predicted molar refractivity (Wildman–Crippen MR) is 82.1 cm³/mol. The Morgan fingerprint density at radius 2 is 1.70 bits per heavy atom. The van der Waals surface area contributed by atoms with E-state index in [2.05, 4.69) is 6.58 Å². The van der Waals surface area contributed by atoms with E-state index >= 15 is 0 Å². The molecule has 0 aliphatic carbocycles. The molecule has 0 aromatic heterocycles. The highest BCUT2D eigenvalue weighted by Gasteiger charge is 2.06. The van der Waals surface area contributed by atoms with Crippen LogP contribution in [0.15, 0.2) is 60.2 Å². The molecule has 0 amide bonds. The normalized spacial score (nSPS) is 12.2. The Balaban J connectivity index is 2.53. The number of esters is 1. The Hall–Kier alpha value is -2.61. The zero-order valence-electron chi connectivity index (χ0n) is 11.4. The van der Waals surface area contributed by atoms with Crippen LogP contribution in [0.5, 0.6) is 0 Å². The summed E-state index contributed by atoms with van der Waals surface area (Å²) < 4.78 is 4.84. The van der Waals surface area contributed by atoms with E-state index in [1.54, 1.807) is 12.2 Å². The van der Waals surface area contributed by atoms with Gasteiger partial charge in [-0.3, -0.25) is 0 Å². The van der Waals surface area contributed by atoms with Gasteiger partial charge in [0.2, 0.25) is 0 Å². The summed E-state index contributed by atoms with van der Waals surface area (Å²) in [5, 5.41) is 1.77. The van der Waals surface area contributed by atoms with Crippen LogP contribution in [0.4, 0.5) is 0 Å². The van der Waals surface area contributed by atoms with Gasteiger partial charge in [-0.15, -0.1) is 0 Å². The molecule has 0 fully saturated rings. The van der Waals surface area contributed by atoms with Crippen molar-refractivity contribution in [3.05, 3.63) is 76.2 Å². The molecule has 0 radical (unpaired) electrons. The third-order valence-corrected chi connectivity index (χ3v) is 2.91. The summed E-state index contributed by atoms with van der Waals surface area (Å²) in [5.41, 5.74) is 1.44. The SMILES string of the molecule is C=c1cccc/c1=C/C(=C\c1ccccc1)C(=O)OC. The molecule has 0 bridgehead atoms. The molecule has 20 heavy (non-hydrogen) atoms. The van der Waals surface area contributed by atoms with Crippen LogP contribution in [0.3, 0.4) is 0 Å². The summed E-state index contributed by atoms with van der Waals surface area (Å²) in [6.07, 6.45) is 3.60. The highest BCUT2D eigenvalue weighted by Crippen LogP contribution is 2.09. The van der Waals surface area contributed by atoms with E-state index in [0.29, 0.717) is 5.57 Å². The molecule has 0 spiro atoms. The maximum absolute atomic E-state index is 11.9. The molecular weight excluding hydrogens is 248 g/mol. The van der Waals surface area contributed by atoms with Crippen molar-refractivity contribution in [2.45, 2.75) is 0 Å². The maximum Gasteiger partial charge on any atom is 0.337 e. The van der Waals surface area contributed by atoms with Crippen molar-refractivity contribution < 1.29 is 9.53 Å². The topological polar surface area (TPSA) is 26.3 Å². The number of methoxy groups -OCH3 is 1. The predicted octanol–water partition coefficient (Wildman–Crippen LogP) is 2.13. The molecule has 2 aromatic rings. The van der Waals surface area contributed by atoms with E-state index in [1.807, 2.05) is 54.6 Å². The van der Waals surface area contributed by atoms with E-state index in [9.17, 15) is 4.79 Å². The van der Waals surface area contributed by atoms with Crippen LogP contribution in [0, 0.1) is 0 Å². The third kappa shape index (κ3) is 3.45. The quantitative estimate of drug-likeness (QED) is 0.627. The maximum atomic E-state index is 11.9. The minimum absolute atomic E-state index is 0.364. The molecule has 100 valence electrons. The molecule has 0 unspecified atom stereocenters. The average molecular weight is 264 g/mol. The monoisotopic (exact) mass is 264 g/mol. The first kappa shape index (κ1) is 13.8. The van der Waals surface area contributed by atoms with Crippen LogP contribution in [-0.2, 0) is 9.53 Å². The van der Waals surface area contributed by atoms with Crippen molar-refractivity contribution in [3.8, 4) is 0 Å². The van der Waals surface area contributed by atoms with E-state index in [-0.39, 0.29) is 5.97 Å². The Bertz CT molecular complexity index is 728. The fourth-order valence-corrected chi connectivity index (χ4v) is 1.85. The lowest BCUT2D eigenvalue weighted by atomic mass is 10.1. The summed E-state index contributed by atoms with van der Waals surface area (Å²) >= 11 is 0. The standard InChI is InChI=1S/C18H16O2/c1-14-8-6-7-11-16(14)13-17(18(19)20-2)12-15-9-4-3-5-10-15/h3-13H,1H2,2H3/b16-13-,17-12+. The van der Waals surface area contributed by atoms with Crippen molar-refractivity contribution in [1.29, 1.82) is 0 Å². The van der Waals surface area contributed by atoms with Gasteiger partial charge in [0.1, 0.15) is 0 Å². The van der Waals surface area contributed by atoms with Crippen molar-refractivity contribution >= 4 is 24.7 Å². The van der Waals surface area contributed by atoms with Gasteiger partial charge in [0.15, 0.2) is 0 Å². The fraction of sp³-hybridized carbons (Fsp3) is 0.0556. The van der Waals surface area contributed by atoms with Crippen molar-refractivity contribution in [3.63, 3.8) is 0 Å². The zero-order chi connectivity index (χ0) is 14.4. The van der Waals surface area contributed by atoms with Crippen LogP contribution in [0.2, 0.25) is 0 Å². The Labute approximate surface area is 118 Å². The van der Waals surface area contributed by atoms with E-state index in [1.165, 1.54) is 7.11 Å². The molecule has 0 saturated heterocycles. The molecule has 2 heteroatoms. The molecule has 0 aliphatic rings. The first-order valence-electron chi connectivity index (χ1n) is 6.31. The van der Waals surface area contributed by atoms with E-state index in [4.69, 9.17) is 4.74 Å². The summed E-state index contributed by atoms with van der Waals surface area (Å²) in [6.45, 7) is 3.96. The number of hydrogen-bond acceptors (Lipinski definition) is 2. The molecule has 0 saturated carbocycles. The van der Waals surface area contributed by atoms with Gasteiger partial charge in [-0.25, -0.2) is 4.79 Å². The highest BCUT2D eigenvalue weighted by atomic mass is 16.5. The van der Waals surface area contributed by atoms with Crippen LogP contribution < -0.4 is 10.4 Å². The molecule has 0 atom stereocenters. The lowest BCUT2D eigenvalue weighted by molar-refractivity contribution is -0.135. The number of carbonyl (C=O) groups is 1. The molecule has 0 N–H and O–H groups in total. The first-order valence-corrected chi connectivity index (χ1v) is 6.31. The van der Waals surface area contributed by atoms with Crippen molar-refractivity contribution in [2.75, 3.05) is 7.11 Å². The number of hydrogen-bond donors (Lipinski definition) is 0. The van der Waals surface area contributed by atoms with Gasteiger partial charge in [0.05, 0.1) is 12.7 Å². The second-order valence-electron chi connectivity index (χ2n) is 4.35.